The number of nitrogens with zero attached hydrogens (tertiary/aromatic N) is 1. The molecule has 0 rings (SSSR count). The van der Waals surface area contributed by atoms with Crippen LogP contribution in [0, 0.1) is 0 Å². The Hall–Kier alpha value is -1.02. The van der Waals surface area contributed by atoms with Crippen LogP contribution in [0.1, 0.15) is 168 Å². The summed E-state index contributed by atoms with van der Waals surface area (Å²) in [4.78, 5) is 24.9. The van der Waals surface area contributed by atoms with Gasteiger partial charge in [-0.2, -0.15) is 0 Å². The molecular weight excluding hydrogens is 637 g/mol. The molecule has 0 aliphatic carbocycles. The van der Waals surface area contributed by atoms with Crippen molar-refractivity contribution in [3.63, 3.8) is 0 Å². The molecule has 0 aliphatic heterocycles. The van der Waals surface area contributed by atoms with Crippen LogP contribution in [0.2, 0.25) is 0 Å². The highest BCUT2D eigenvalue weighted by Crippen LogP contribution is 2.38. The molecule has 0 aromatic heterocycles. The fraction of sp³-hybridized carbons (Fsp3) is 0.875. The van der Waals surface area contributed by atoms with Gasteiger partial charge in [0.15, 0.2) is 0 Å². The van der Waals surface area contributed by atoms with Crippen LogP contribution in [0.5, 0.6) is 0 Å². The van der Waals surface area contributed by atoms with E-state index in [1.807, 2.05) is 21.1 Å². The third-order valence-corrected chi connectivity index (χ3v) is 9.42. The average Bonchev–Trinajstić information content (AvgIpc) is 3.04. The van der Waals surface area contributed by atoms with E-state index in [4.69, 9.17) is 18.5 Å². The fourth-order valence-corrected chi connectivity index (χ4v) is 6.04. The summed E-state index contributed by atoms with van der Waals surface area (Å²) in [5, 5.41) is 0. The molecule has 0 saturated heterocycles. The van der Waals surface area contributed by atoms with Gasteiger partial charge in [0, 0.05) is 13.0 Å². The van der Waals surface area contributed by atoms with Crippen LogP contribution in [0.3, 0.4) is 0 Å². The third kappa shape index (κ3) is 38.1. The summed E-state index contributed by atoms with van der Waals surface area (Å²) in [6.45, 7) is 5.33. The van der Waals surface area contributed by atoms with Gasteiger partial charge in [0.25, 0.3) is 7.82 Å². The second-order valence-corrected chi connectivity index (χ2v) is 16.0. The lowest BCUT2D eigenvalue weighted by molar-refractivity contribution is -0.870. The van der Waals surface area contributed by atoms with E-state index in [0.717, 1.165) is 44.9 Å². The molecule has 0 saturated carbocycles. The van der Waals surface area contributed by atoms with Crippen LogP contribution in [0.25, 0.3) is 0 Å². The molecule has 0 radical (unpaired) electrons. The SMILES string of the molecule is CCC/C=C\CCCCCCCCOCC(COP(=O)([O-])OCC[N+](C)(C)C)OC(=O)CCCCCCC/C=C\CCCCCCCCC. The largest absolute Gasteiger partial charge is 0.756 e. The van der Waals surface area contributed by atoms with Gasteiger partial charge in [0.2, 0.25) is 0 Å². The highest BCUT2D eigenvalue weighted by atomic mass is 31.2. The fourth-order valence-electron chi connectivity index (χ4n) is 5.31. The molecule has 0 amide bonds. The van der Waals surface area contributed by atoms with Crippen LogP contribution >= 0.6 is 7.82 Å². The van der Waals surface area contributed by atoms with Crippen molar-refractivity contribution in [3.05, 3.63) is 24.3 Å². The van der Waals surface area contributed by atoms with Gasteiger partial charge >= 0.3 is 5.97 Å². The van der Waals surface area contributed by atoms with E-state index in [-0.39, 0.29) is 25.8 Å². The Morgan fingerprint density at radius 1 is 0.612 bits per heavy atom. The Morgan fingerprint density at radius 3 is 1.63 bits per heavy atom. The summed E-state index contributed by atoms with van der Waals surface area (Å²) in [5.41, 5.74) is 0. The van der Waals surface area contributed by atoms with Gasteiger partial charge in [-0.25, -0.2) is 0 Å². The lowest BCUT2D eigenvalue weighted by atomic mass is 10.1. The maximum atomic E-state index is 12.6. The van der Waals surface area contributed by atoms with Crippen LogP contribution in [-0.2, 0) is 27.9 Å². The minimum Gasteiger partial charge on any atom is -0.756 e. The number of phosphoric ester groups is 1. The topological polar surface area (TPSA) is 94.1 Å². The Kier molecular flexibility index (Phi) is 33.4. The smallest absolute Gasteiger partial charge is 0.306 e. The number of carbonyl (C=O) groups excluding carboxylic acids is 1. The number of quaternary nitrogens is 1. The number of phosphoric acid groups is 1. The molecule has 9 heteroatoms. The second kappa shape index (κ2) is 34.1. The number of hydrogen-bond acceptors (Lipinski definition) is 7. The summed E-state index contributed by atoms with van der Waals surface area (Å²) in [5.74, 6) is -0.346. The predicted octanol–water partition coefficient (Wildman–Crippen LogP) is 10.6. The number of unbranched alkanes of at least 4 members (excludes halogenated alkanes) is 19. The third-order valence-electron chi connectivity index (χ3n) is 8.46. The maximum absolute atomic E-state index is 12.6. The van der Waals surface area contributed by atoms with Crippen LogP contribution in [0.15, 0.2) is 24.3 Å². The van der Waals surface area contributed by atoms with Crippen molar-refractivity contribution in [2.45, 2.75) is 174 Å². The normalized spacial score (nSPS) is 14.2. The van der Waals surface area contributed by atoms with Crippen LogP contribution < -0.4 is 4.89 Å². The van der Waals surface area contributed by atoms with Gasteiger partial charge < -0.3 is 27.9 Å². The molecule has 0 aliphatic rings. The van der Waals surface area contributed by atoms with E-state index in [9.17, 15) is 14.3 Å². The predicted molar refractivity (Wildman–Crippen MR) is 204 cm³/mol. The van der Waals surface area contributed by atoms with Crippen molar-refractivity contribution in [1.82, 2.24) is 0 Å². The van der Waals surface area contributed by atoms with Gasteiger partial charge in [-0.15, -0.1) is 0 Å². The first-order valence-corrected chi connectivity index (χ1v) is 21.5. The molecule has 2 atom stereocenters. The van der Waals surface area contributed by atoms with Crippen molar-refractivity contribution in [1.29, 1.82) is 0 Å². The Morgan fingerprint density at radius 2 is 1.10 bits per heavy atom. The van der Waals surface area contributed by atoms with Gasteiger partial charge in [-0.3, -0.25) is 9.36 Å². The number of hydrogen-bond donors (Lipinski definition) is 0. The molecule has 0 N–H and O–H groups in total. The molecule has 0 fully saturated rings. The first-order chi connectivity index (χ1) is 23.6. The quantitative estimate of drug-likeness (QED) is 0.0208. The van der Waals surface area contributed by atoms with Crippen molar-refractivity contribution >= 4 is 13.8 Å². The van der Waals surface area contributed by atoms with E-state index in [2.05, 4.69) is 38.2 Å². The molecule has 8 nitrogen and oxygen atoms in total. The lowest BCUT2D eigenvalue weighted by Gasteiger charge is -2.28. The number of allylic oxidation sites excluding steroid dienone is 4. The summed E-state index contributed by atoms with van der Waals surface area (Å²) >= 11 is 0. The van der Waals surface area contributed by atoms with Crippen LogP contribution in [0.4, 0.5) is 0 Å². The van der Waals surface area contributed by atoms with Gasteiger partial charge in [0.05, 0.1) is 34.4 Å². The zero-order valence-electron chi connectivity index (χ0n) is 32.6. The highest BCUT2D eigenvalue weighted by molar-refractivity contribution is 7.45. The Bertz CT molecular complexity index is 843. The molecule has 0 aromatic rings. The number of carbonyl (C=O) groups is 1. The van der Waals surface area contributed by atoms with Gasteiger partial charge in [0.1, 0.15) is 19.3 Å². The first-order valence-electron chi connectivity index (χ1n) is 20.1. The van der Waals surface area contributed by atoms with E-state index in [1.54, 1.807) is 0 Å². The minimum absolute atomic E-state index is 0.0241. The van der Waals surface area contributed by atoms with Gasteiger partial charge in [-0.1, -0.05) is 128 Å². The summed E-state index contributed by atoms with van der Waals surface area (Å²) in [6, 6.07) is 0. The molecule has 2 unspecified atom stereocenters. The zero-order chi connectivity index (χ0) is 36.3. The van der Waals surface area contributed by atoms with Crippen molar-refractivity contribution in [2.24, 2.45) is 0 Å². The summed E-state index contributed by atoms with van der Waals surface area (Å²) in [6.07, 6.45) is 36.1. The van der Waals surface area contributed by atoms with Crippen molar-refractivity contribution in [3.8, 4) is 0 Å². The zero-order valence-corrected chi connectivity index (χ0v) is 33.5. The van der Waals surface area contributed by atoms with Crippen molar-refractivity contribution in [2.75, 3.05) is 54.1 Å². The van der Waals surface area contributed by atoms with E-state index < -0.39 is 13.9 Å². The van der Waals surface area contributed by atoms with E-state index in [1.165, 1.54) is 103 Å². The average molecular weight is 716 g/mol. The number of likely N-dealkylation sites (N-methyl/N-ethyl adjacent to an activating group) is 1. The second-order valence-electron chi connectivity index (χ2n) is 14.6. The number of ether oxygens (including phenoxy) is 2. The summed E-state index contributed by atoms with van der Waals surface area (Å²) < 4.78 is 34.4. The number of esters is 1. The molecule has 49 heavy (non-hydrogen) atoms. The van der Waals surface area contributed by atoms with E-state index >= 15 is 0 Å². The molecule has 0 bridgehead atoms. The maximum Gasteiger partial charge on any atom is 0.306 e. The van der Waals surface area contributed by atoms with Gasteiger partial charge in [-0.05, 0) is 57.8 Å². The molecule has 290 valence electrons. The molecule has 0 aromatic carbocycles. The molecule has 0 heterocycles. The highest BCUT2D eigenvalue weighted by Gasteiger charge is 2.20. The summed E-state index contributed by atoms with van der Waals surface area (Å²) in [7, 11) is 1.35. The van der Waals surface area contributed by atoms with Crippen molar-refractivity contribution < 1.29 is 37.3 Å². The Balaban J connectivity index is 4.28. The lowest BCUT2D eigenvalue weighted by Crippen LogP contribution is -2.37. The minimum atomic E-state index is -4.52. The van der Waals surface area contributed by atoms with Crippen LogP contribution in [-0.4, -0.2) is 70.7 Å². The number of rotatable bonds is 37. The standard InChI is InChI=1S/C40H78NO7P/c1-6-8-10-12-14-16-18-19-20-21-22-23-25-27-29-31-33-40(42)48-39(38-47-49(43,44)46-36-34-41(3,4)5)37-45-35-32-30-28-26-24-17-15-13-11-9-7-2/h11,13,20-21,39H,6-10,12,14-19,22-38H2,1-5H3/b13-11-,21-20-. The van der Waals surface area contributed by atoms with E-state index in [0.29, 0.717) is 24.1 Å². The molecule has 0 spiro atoms. The molecular formula is C40H78NO7P. The Labute approximate surface area is 303 Å². The monoisotopic (exact) mass is 716 g/mol. The first kappa shape index (κ1) is 48.0.